The Morgan fingerprint density at radius 1 is 1.00 bits per heavy atom. The van der Waals surface area contributed by atoms with Gasteiger partial charge in [-0.25, -0.2) is 9.67 Å². The van der Waals surface area contributed by atoms with Gasteiger partial charge in [0.15, 0.2) is 0 Å². The van der Waals surface area contributed by atoms with Crippen LogP contribution in [-0.4, -0.2) is 21.3 Å². The first-order valence-corrected chi connectivity index (χ1v) is 7.39. The van der Waals surface area contributed by atoms with Gasteiger partial charge in [0.25, 0.3) is 0 Å². The summed E-state index contributed by atoms with van der Waals surface area (Å²) in [5.74, 6) is -0.141. The zero-order chi connectivity index (χ0) is 17.0. The number of benzene rings is 1. The number of nitrogens with one attached hydrogen (secondary N) is 1. The van der Waals surface area contributed by atoms with Gasteiger partial charge < -0.3 is 5.32 Å². The van der Waals surface area contributed by atoms with Gasteiger partial charge in [0.1, 0.15) is 5.82 Å². The highest BCUT2D eigenvalue weighted by atomic mass is 19.4. The number of rotatable bonds is 5. The smallest absolute Gasteiger partial charge is 0.369 e. The van der Waals surface area contributed by atoms with Crippen molar-refractivity contribution in [3.05, 3.63) is 72.2 Å². The molecule has 2 heterocycles. The van der Waals surface area contributed by atoms with E-state index in [9.17, 15) is 13.2 Å². The van der Waals surface area contributed by atoms with Crippen LogP contribution in [0, 0.1) is 0 Å². The van der Waals surface area contributed by atoms with Gasteiger partial charge in [-0.15, -0.1) is 0 Å². The number of hydrogen-bond donors (Lipinski definition) is 1. The van der Waals surface area contributed by atoms with E-state index >= 15 is 0 Å². The third-order valence-electron chi connectivity index (χ3n) is 3.52. The quantitative estimate of drug-likeness (QED) is 0.769. The van der Waals surface area contributed by atoms with Crippen LogP contribution in [0.3, 0.4) is 0 Å². The van der Waals surface area contributed by atoms with Crippen LogP contribution in [0.1, 0.15) is 11.1 Å². The molecule has 0 aliphatic carbocycles. The summed E-state index contributed by atoms with van der Waals surface area (Å²) < 4.78 is 40.4. The van der Waals surface area contributed by atoms with Crippen LogP contribution in [0.25, 0.3) is 5.69 Å². The van der Waals surface area contributed by atoms with Crippen LogP contribution < -0.4 is 5.32 Å². The summed E-state index contributed by atoms with van der Waals surface area (Å²) in [6.07, 6.45) is 1.06. The number of halogens is 3. The maximum atomic E-state index is 12.9. The molecule has 0 amide bonds. The van der Waals surface area contributed by atoms with Gasteiger partial charge >= 0.3 is 6.18 Å². The predicted octanol–water partition coefficient (Wildman–Crippen LogP) is 3.94. The second-order valence-corrected chi connectivity index (χ2v) is 5.19. The third kappa shape index (κ3) is 3.73. The number of pyridine rings is 1. The van der Waals surface area contributed by atoms with Gasteiger partial charge in [0.2, 0.25) is 0 Å². The van der Waals surface area contributed by atoms with Gasteiger partial charge in [0, 0.05) is 25.1 Å². The zero-order valence-electron chi connectivity index (χ0n) is 12.7. The Balaban J connectivity index is 1.61. The van der Waals surface area contributed by atoms with E-state index in [0.29, 0.717) is 13.0 Å². The summed E-state index contributed by atoms with van der Waals surface area (Å²) in [5.41, 5.74) is 1.20. The highest BCUT2D eigenvalue weighted by molar-refractivity contribution is 5.45. The minimum Gasteiger partial charge on any atom is -0.369 e. The molecule has 3 rings (SSSR count). The number of hydrogen-bond acceptors (Lipinski definition) is 3. The molecule has 0 radical (unpaired) electrons. The Labute approximate surface area is 137 Å². The fourth-order valence-electron chi connectivity index (χ4n) is 2.34. The van der Waals surface area contributed by atoms with Crippen molar-refractivity contribution in [2.24, 2.45) is 0 Å². The first-order valence-electron chi connectivity index (χ1n) is 7.39. The highest BCUT2D eigenvalue weighted by Crippen LogP contribution is 2.33. The maximum absolute atomic E-state index is 12.9. The van der Waals surface area contributed by atoms with Crippen LogP contribution in [0.5, 0.6) is 0 Å². The standard InChI is InChI=1S/C17H15F3N4/c18-17(19,20)15-3-1-9-21-16(15)22-11-8-13-4-6-14(7-5-13)24-12-2-10-23-24/h1-7,9-10,12H,8,11H2,(H,21,22). The Morgan fingerprint density at radius 3 is 2.46 bits per heavy atom. The Morgan fingerprint density at radius 2 is 1.79 bits per heavy atom. The molecule has 1 aromatic carbocycles. The average Bonchev–Trinajstić information content (AvgIpc) is 3.09. The lowest BCUT2D eigenvalue weighted by molar-refractivity contribution is -0.137. The number of aromatic nitrogens is 3. The lowest BCUT2D eigenvalue weighted by atomic mass is 10.1. The summed E-state index contributed by atoms with van der Waals surface area (Å²) in [6, 6.07) is 11.8. The van der Waals surface area contributed by atoms with Crippen LogP contribution in [0.4, 0.5) is 19.0 Å². The molecule has 0 aliphatic heterocycles. The summed E-state index contributed by atoms with van der Waals surface area (Å²) in [7, 11) is 0. The molecule has 0 atom stereocenters. The third-order valence-corrected chi connectivity index (χ3v) is 3.52. The Kier molecular flexibility index (Phi) is 4.50. The zero-order valence-corrected chi connectivity index (χ0v) is 12.7. The SMILES string of the molecule is FC(F)(F)c1cccnc1NCCc1ccc(-n2cccn2)cc1. The van der Waals surface area contributed by atoms with E-state index in [4.69, 9.17) is 0 Å². The Bertz CT molecular complexity index is 780. The van der Waals surface area contributed by atoms with Crippen LogP contribution in [-0.2, 0) is 12.6 Å². The van der Waals surface area contributed by atoms with Crippen LogP contribution in [0.2, 0.25) is 0 Å². The normalized spacial score (nSPS) is 11.5. The molecule has 3 aromatic rings. The van der Waals surface area contributed by atoms with Gasteiger partial charge in [-0.2, -0.15) is 18.3 Å². The van der Waals surface area contributed by atoms with E-state index in [-0.39, 0.29) is 5.82 Å². The topological polar surface area (TPSA) is 42.7 Å². The van der Waals surface area contributed by atoms with Crippen molar-refractivity contribution in [3.8, 4) is 5.69 Å². The minimum atomic E-state index is -4.41. The monoisotopic (exact) mass is 332 g/mol. The Hall–Kier alpha value is -2.83. The molecular formula is C17H15F3N4. The maximum Gasteiger partial charge on any atom is 0.419 e. The van der Waals surface area contributed by atoms with E-state index in [1.54, 1.807) is 10.9 Å². The molecule has 0 spiro atoms. The first-order chi connectivity index (χ1) is 11.5. The molecule has 1 N–H and O–H groups in total. The molecule has 24 heavy (non-hydrogen) atoms. The van der Waals surface area contributed by atoms with Gasteiger partial charge in [-0.05, 0) is 42.3 Å². The second-order valence-electron chi connectivity index (χ2n) is 5.19. The summed E-state index contributed by atoms with van der Waals surface area (Å²) in [6.45, 7) is 0.362. The molecule has 0 bridgehead atoms. The molecule has 0 fully saturated rings. The van der Waals surface area contributed by atoms with Crippen molar-refractivity contribution < 1.29 is 13.2 Å². The average molecular weight is 332 g/mol. The summed E-state index contributed by atoms with van der Waals surface area (Å²) >= 11 is 0. The molecule has 0 aliphatic rings. The molecule has 0 saturated heterocycles. The van der Waals surface area contributed by atoms with E-state index in [1.807, 2.05) is 36.5 Å². The van der Waals surface area contributed by atoms with E-state index < -0.39 is 11.7 Å². The molecule has 7 heteroatoms. The molecule has 0 saturated carbocycles. The summed E-state index contributed by atoms with van der Waals surface area (Å²) in [4.78, 5) is 3.78. The first kappa shape index (κ1) is 16.0. The molecule has 4 nitrogen and oxygen atoms in total. The van der Waals surface area contributed by atoms with E-state index in [0.717, 1.165) is 17.3 Å². The molecule has 0 unspecified atom stereocenters. The van der Waals surface area contributed by atoms with Crippen molar-refractivity contribution >= 4 is 5.82 Å². The molecule has 124 valence electrons. The van der Waals surface area contributed by atoms with Gasteiger partial charge in [-0.3, -0.25) is 0 Å². The predicted molar refractivity (Wildman–Crippen MR) is 85.0 cm³/mol. The number of anilines is 1. The van der Waals surface area contributed by atoms with Gasteiger partial charge in [0.05, 0.1) is 11.3 Å². The lowest BCUT2D eigenvalue weighted by Gasteiger charge is -2.13. The van der Waals surface area contributed by atoms with Crippen LogP contribution >= 0.6 is 0 Å². The van der Waals surface area contributed by atoms with E-state index in [1.165, 1.54) is 12.3 Å². The fraction of sp³-hybridized carbons (Fsp3) is 0.176. The number of alkyl halides is 3. The second kappa shape index (κ2) is 6.74. The highest BCUT2D eigenvalue weighted by Gasteiger charge is 2.33. The van der Waals surface area contributed by atoms with Crippen molar-refractivity contribution in [3.63, 3.8) is 0 Å². The fourth-order valence-corrected chi connectivity index (χ4v) is 2.34. The van der Waals surface area contributed by atoms with Crippen molar-refractivity contribution in [2.45, 2.75) is 12.6 Å². The molecule has 2 aromatic heterocycles. The number of nitrogens with zero attached hydrogens (tertiary/aromatic N) is 3. The van der Waals surface area contributed by atoms with Gasteiger partial charge in [-0.1, -0.05) is 12.1 Å². The lowest BCUT2D eigenvalue weighted by Crippen LogP contribution is -2.14. The molecular weight excluding hydrogens is 317 g/mol. The van der Waals surface area contributed by atoms with Crippen molar-refractivity contribution in [1.29, 1.82) is 0 Å². The van der Waals surface area contributed by atoms with Crippen molar-refractivity contribution in [1.82, 2.24) is 14.8 Å². The van der Waals surface area contributed by atoms with Crippen LogP contribution in [0.15, 0.2) is 61.1 Å². The largest absolute Gasteiger partial charge is 0.419 e. The van der Waals surface area contributed by atoms with E-state index in [2.05, 4.69) is 15.4 Å². The van der Waals surface area contributed by atoms with Crippen molar-refractivity contribution in [2.75, 3.05) is 11.9 Å². The minimum absolute atomic E-state index is 0.141. The summed E-state index contributed by atoms with van der Waals surface area (Å²) in [5, 5.41) is 6.90.